The van der Waals surface area contributed by atoms with Crippen LogP contribution in [0.15, 0.2) is 42.6 Å². The third-order valence-corrected chi connectivity index (χ3v) is 4.88. The molecule has 3 rings (SSSR count). The van der Waals surface area contributed by atoms with Gasteiger partial charge < -0.3 is 21.7 Å². The van der Waals surface area contributed by atoms with Crippen molar-refractivity contribution in [1.29, 1.82) is 0 Å². The van der Waals surface area contributed by atoms with Gasteiger partial charge >= 0.3 is 0 Å². The molecule has 0 radical (unpaired) electrons. The lowest BCUT2D eigenvalue weighted by molar-refractivity contribution is -0.132. The molecule has 0 bridgehead atoms. The molecule has 0 saturated carbocycles. The molecule has 0 aliphatic carbocycles. The van der Waals surface area contributed by atoms with Crippen molar-refractivity contribution in [2.24, 2.45) is 5.73 Å². The average Bonchev–Trinajstić information content (AvgIpc) is 3.12. The summed E-state index contributed by atoms with van der Waals surface area (Å²) in [5, 5.41) is 3.26. The first kappa shape index (κ1) is 19.1. The molecule has 1 amide bonds. The van der Waals surface area contributed by atoms with E-state index in [-0.39, 0.29) is 24.2 Å². The van der Waals surface area contributed by atoms with E-state index in [2.05, 4.69) is 10.3 Å². The number of carbonyl (C=O) groups excluding carboxylic acids is 1. The molecule has 1 aliphatic heterocycles. The fourth-order valence-corrected chi connectivity index (χ4v) is 3.47. The third kappa shape index (κ3) is 5.17. The van der Waals surface area contributed by atoms with Gasteiger partial charge in [0.15, 0.2) is 0 Å². The highest BCUT2D eigenvalue weighted by molar-refractivity contribution is 5.77. The molecular formula is C20H26FN5O. The van der Waals surface area contributed by atoms with Gasteiger partial charge in [-0.3, -0.25) is 4.79 Å². The highest BCUT2D eigenvalue weighted by Crippen LogP contribution is 2.20. The Morgan fingerprint density at radius 3 is 2.89 bits per heavy atom. The molecule has 0 unspecified atom stereocenters. The summed E-state index contributed by atoms with van der Waals surface area (Å²) in [6.07, 6.45) is 4.07. The summed E-state index contributed by atoms with van der Waals surface area (Å²) in [5.74, 6) is 0.479. The van der Waals surface area contributed by atoms with Gasteiger partial charge in [0.2, 0.25) is 5.91 Å². The standard InChI is InChI=1S/C20H26FN5O/c21-18-6-2-1-4-14(18)10-16(23)11-20(27)26-9-3-5-17(26)13-25-19-8-7-15(22)12-24-19/h1-2,4,6-8,12,16-17H,3,5,9-11,13,22-23H2,(H,24,25)/t16-,17+/m1/s1. The van der Waals surface area contributed by atoms with Crippen molar-refractivity contribution in [3.63, 3.8) is 0 Å². The van der Waals surface area contributed by atoms with E-state index in [4.69, 9.17) is 11.5 Å². The predicted octanol–water partition coefficient (Wildman–Crippen LogP) is 2.17. The molecule has 1 aliphatic rings. The average molecular weight is 371 g/mol. The number of anilines is 2. The number of likely N-dealkylation sites (tertiary alicyclic amines) is 1. The Bertz CT molecular complexity index is 767. The summed E-state index contributed by atoms with van der Waals surface area (Å²) in [7, 11) is 0. The van der Waals surface area contributed by atoms with E-state index in [9.17, 15) is 9.18 Å². The van der Waals surface area contributed by atoms with Crippen LogP contribution in [0.1, 0.15) is 24.8 Å². The number of benzene rings is 1. The lowest BCUT2D eigenvalue weighted by Gasteiger charge is -2.26. The summed E-state index contributed by atoms with van der Waals surface area (Å²) >= 11 is 0. The van der Waals surface area contributed by atoms with Crippen LogP contribution in [0.5, 0.6) is 0 Å². The molecule has 5 N–H and O–H groups in total. The number of nitrogens with zero attached hydrogens (tertiary/aromatic N) is 2. The number of nitrogen functional groups attached to an aromatic ring is 1. The van der Waals surface area contributed by atoms with Crippen molar-refractivity contribution >= 4 is 17.4 Å². The number of amides is 1. The number of hydrogen-bond acceptors (Lipinski definition) is 5. The quantitative estimate of drug-likeness (QED) is 0.693. The van der Waals surface area contributed by atoms with Crippen molar-refractivity contribution in [2.75, 3.05) is 24.1 Å². The molecule has 1 fully saturated rings. The van der Waals surface area contributed by atoms with Crippen molar-refractivity contribution in [3.8, 4) is 0 Å². The Labute approximate surface area is 158 Å². The third-order valence-electron chi connectivity index (χ3n) is 4.88. The molecule has 7 heteroatoms. The van der Waals surface area contributed by atoms with Crippen LogP contribution >= 0.6 is 0 Å². The zero-order chi connectivity index (χ0) is 19.2. The van der Waals surface area contributed by atoms with E-state index >= 15 is 0 Å². The van der Waals surface area contributed by atoms with Gasteiger partial charge in [-0.05, 0) is 43.0 Å². The zero-order valence-electron chi connectivity index (χ0n) is 15.3. The van der Waals surface area contributed by atoms with Crippen LogP contribution in [-0.2, 0) is 11.2 Å². The summed E-state index contributed by atoms with van der Waals surface area (Å²) in [5.41, 5.74) is 12.9. The minimum Gasteiger partial charge on any atom is -0.397 e. The van der Waals surface area contributed by atoms with Gasteiger partial charge in [-0.15, -0.1) is 0 Å². The molecular weight excluding hydrogens is 345 g/mol. The molecule has 2 heterocycles. The summed E-state index contributed by atoms with van der Waals surface area (Å²) in [6, 6.07) is 9.86. The Hall–Kier alpha value is -2.67. The topological polar surface area (TPSA) is 97.3 Å². The summed E-state index contributed by atoms with van der Waals surface area (Å²) in [6.45, 7) is 1.36. The smallest absolute Gasteiger partial charge is 0.224 e. The van der Waals surface area contributed by atoms with Gasteiger partial charge in [0, 0.05) is 31.6 Å². The molecule has 2 aromatic rings. The van der Waals surface area contributed by atoms with E-state index in [0.717, 1.165) is 25.2 Å². The van der Waals surface area contributed by atoms with E-state index in [0.29, 0.717) is 24.2 Å². The Kier molecular flexibility index (Phi) is 6.24. The Morgan fingerprint density at radius 2 is 2.15 bits per heavy atom. The molecule has 1 aromatic carbocycles. The van der Waals surface area contributed by atoms with Gasteiger partial charge in [-0.1, -0.05) is 18.2 Å². The summed E-state index contributed by atoms with van der Waals surface area (Å²) in [4.78, 5) is 18.8. The fourth-order valence-electron chi connectivity index (χ4n) is 3.47. The van der Waals surface area contributed by atoms with Gasteiger partial charge in [0.1, 0.15) is 11.6 Å². The van der Waals surface area contributed by atoms with Crippen molar-refractivity contribution < 1.29 is 9.18 Å². The monoisotopic (exact) mass is 371 g/mol. The largest absolute Gasteiger partial charge is 0.397 e. The van der Waals surface area contributed by atoms with Crippen LogP contribution in [0.4, 0.5) is 15.9 Å². The van der Waals surface area contributed by atoms with Crippen LogP contribution in [0.25, 0.3) is 0 Å². The number of hydrogen-bond donors (Lipinski definition) is 3. The second-order valence-corrected chi connectivity index (χ2v) is 7.00. The minimum atomic E-state index is -0.401. The minimum absolute atomic E-state index is 0.0217. The number of pyridine rings is 1. The van der Waals surface area contributed by atoms with Gasteiger partial charge in [-0.25, -0.2) is 9.37 Å². The lowest BCUT2D eigenvalue weighted by atomic mass is 10.0. The Balaban J connectivity index is 1.52. The van der Waals surface area contributed by atoms with E-state index in [1.165, 1.54) is 6.07 Å². The normalized spacial score (nSPS) is 17.7. The molecule has 27 heavy (non-hydrogen) atoms. The summed E-state index contributed by atoms with van der Waals surface area (Å²) < 4.78 is 13.8. The van der Waals surface area contributed by atoms with Crippen molar-refractivity contribution in [2.45, 2.75) is 37.8 Å². The van der Waals surface area contributed by atoms with Crippen molar-refractivity contribution in [3.05, 3.63) is 54.0 Å². The van der Waals surface area contributed by atoms with E-state index in [1.54, 1.807) is 30.5 Å². The van der Waals surface area contributed by atoms with Crippen LogP contribution in [0.3, 0.4) is 0 Å². The molecule has 0 spiro atoms. The number of halogens is 1. The number of nitrogens with one attached hydrogen (secondary N) is 1. The van der Waals surface area contributed by atoms with Gasteiger partial charge in [-0.2, -0.15) is 0 Å². The first-order valence-electron chi connectivity index (χ1n) is 9.27. The highest BCUT2D eigenvalue weighted by Gasteiger charge is 2.29. The molecule has 1 saturated heterocycles. The predicted molar refractivity (Wildman–Crippen MR) is 105 cm³/mol. The van der Waals surface area contributed by atoms with Crippen LogP contribution in [0, 0.1) is 5.82 Å². The number of rotatable bonds is 7. The lowest BCUT2D eigenvalue weighted by Crippen LogP contribution is -2.42. The number of carbonyl (C=O) groups is 1. The first-order chi connectivity index (χ1) is 13.0. The fraction of sp³-hybridized carbons (Fsp3) is 0.400. The number of aromatic nitrogens is 1. The maximum atomic E-state index is 13.8. The maximum Gasteiger partial charge on any atom is 0.224 e. The number of nitrogens with two attached hydrogens (primary N) is 2. The highest BCUT2D eigenvalue weighted by atomic mass is 19.1. The Morgan fingerprint density at radius 1 is 1.33 bits per heavy atom. The molecule has 6 nitrogen and oxygen atoms in total. The van der Waals surface area contributed by atoms with Crippen LogP contribution in [0.2, 0.25) is 0 Å². The van der Waals surface area contributed by atoms with Crippen LogP contribution < -0.4 is 16.8 Å². The second-order valence-electron chi connectivity index (χ2n) is 7.00. The SMILES string of the molecule is Nc1ccc(NC[C@@H]2CCCN2C(=O)C[C@H](N)Cc2ccccc2F)nc1. The zero-order valence-corrected chi connectivity index (χ0v) is 15.3. The molecule has 1 aromatic heterocycles. The van der Waals surface area contributed by atoms with Crippen molar-refractivity contribution in [1.82, 2.24) is 9.88 Å². The van der Waals surface area contributed by atoms with E-state index < -0.39 is 6.04 Å². The maximum absolute atomic E-state index is 13.8. The van der Waals surface area contributed by atoms with E-state index in [1.807, 2.05) is 11.0 Å². The molecule has 144 valence electrons. The second kappa shape index (κ2) is 8.81. The van der Waals surface area contributed by atoms with Gasteiger partial charge in [0.25, 0.3) is 0 Å². The van der Waals surface area contributed by atoms with Crippen LogP contribution in [-0.4, -0.2) is 41.0 Å². The first-order valence-corrected chi connectivity index (χ1v) is 9.27. The van der Waals surface area contributed by atoms with Gasteiger partial charge in [0.05, 0.1) is 11.9 Å². The molecule has 2 atom stereocenters.